The van der Waals surface area contributed by atoms with E-state index in [-0.39, 0.29) is 6.04 Å². The normalized spacial score (nSPS) is 12.4. The van der Waals surface area contributed by atoms with Gasteiger partial charge in [0.25, 0.3) is 0 Å². The summed E-state index contributed by atoms with van der Waals surface area (Å²) < 4.78 is 2.25. The minimum Gasteiger partial charge on any atom is -0.324 e. The van der Waals surface area contributed by atoms with E-state index in [1.165, 1.54) is 9.13 Å². The van der Waals surface area contributed by atoms with Crippen LogP contribution in [-0.4, -0.2) is 4.98 Å². The molecule has 0 spiro atoms. The molecule has 94 valence electrons. The van der Waals surface area contributed by atoms with E-state index in [1.807, 2.05) is 25.3 Å². The fourth-order valence-electron chi connectivity index (χ4n) is 1.75. The molecule has 4 heteroatoms. The van der Waals surface area contributed by atoms with Gasteiger partial charge in [-0.25, -0.2) is 0 Å². The molecule has 0 amide bonds. The number of aromatic nitrogens is 1. The fourth-order valence-corrected chi connectivity index (χ4v) is 2.87. The van der Waals surface area contributed by atoms with E-state index in [4.69, 9.17) is 5.73 Å². The van der Waals surface area contributed by atoms with Crippen molar-refractivity contribution in [1.29, 1.82) is 0 Å². The molecule has 0 radical (unpaired) electrons. The van der Waals surface area contributed by atoms with Crippen molar-refractivity contribution in [1.82, 2.24) is 4.98 Å². The van der Waals surface area contributed by atoms with Crippen LogP contribution in [0.25, 0.3) is 0 Å². The summed E-state index contributed by atoms with van der Waals surface area (Å²) in [6, 6.07) is 10.3. The highest BCUT2D eigenvalue weighted by Crippen LogP contribution is 2.24. The third-order valence-electron chi connectivity index (χ3n) is 2.76. The second kappa shape index (κ2) is 6.12. The molecule has 0 aliphatic carbocycles. The van der Waals surface area contributed by atoms with Crippen LogP contribution in [0.4, 0.5) is 0 Å². The summed E-state index contributed by atoms with van der Waals surface area (Å²) in [6.45, 7) is 2.04. The Labute approximate surface area is 129 Å². The molecule has 0 aliphatic heterocycles. The average Bonchev–Trinajstić information content (AvgIpc) is 2.35. The standard InChI is InChI=1S/C14H14BrIN2/c1-9-2-4-11(18-8-9)7-14(17)12-6-10(15)3-5-13(12)16/h2-6,8,14H,7,17H2,1H3. The van der Waals surface area contributed by atoms with Crippen molar-refractivity contribution < 1.29 is 0 Å². The third-order valence-corrected chi connectivity index (χ3v) is 4.23. The van der Waals surface area contributed by atoms with E-state index in [1.54, 1.807) is 0 Å². The smallest absolute Gasteiger partial charge is 0.0422 e. The number of hydrogen-bond acceptors (Lipinski definition) is 2. The van der Waals surface area contributed by atoms with E-state index in [0.717, 1.165) is 22.2 Å². The second-order valence-electron chi connectivity index (χ2n) is 4.30. The fraction of sp³-hybridized carbons (Fsp3) is 0.214. The largest absolute Gasteiger partial charge is 0.324 e. The summed E-state index contributed by atoms with van der Waals surface area (Å²) >= 11 is 5.80. The molecule has 0 bridgehead atoms. The summed E-state index contributed by atoms with van der Waals surface area (Å²) in [5.74, 6) is 0. The number of aryl methyl sites for hydroxylation is 1. The van der Waals surface area contributed by atoms with Gasteiger partial charge in [-0.05, 0) is 64.9 Å². The number of benzene rings is 1. The Morgan fingerprint density at radius 1 is 1.33 bits per heavy atom. The maximum atomic E-state index is 6.27. The van der Waals surface area contributed by atoms with Crippen molar-refractivity contribution in [3.63, 3.8) is 0 Å². The monoisotopic (exact) mass is 416 g/mol. The minimum atomic E-state index is -0.0235. The zero-order chi connectivity index (χ0) is 13.1. The Kier molecular flexibility index (Phi) is 4.75. The molecule has 0 saturated carbocycles. The Hall–Kier alpha value is -0.460. The molecular formula is C14H14BrIN2. The van der Waals surface area contributed by atoms with Crippen LogP contribution < -0.4 is 5.73 Å². The Morgan fingerprint density at radius 2 is 2.11 bits per heavy atom. The molecule has 1 aromatic carbocycles. The van der Waals surface area contributed by atoms with Gasteiger partial charge in [-0.2, -0.15) is 0 Å². The van der Waals surface area contributed by atoms with Crippen LogP contribution >= 0.6 is 38.5 Å². The molecule has 0 saturated heterocycles. The van der Waals surface area contributed by atoms with Crippen LogP contribution in [0.2, 0.25) is 0 Å². The number of pyridine rings is 1. The van der Waals surface area contributed by atoms with Crippen LogP contribution in [0, 0.1) is 10.5 Å². The minimum absolute atomic E-state index is 0.0235. The molecule has 2 rings (SSSR count). The summed E-state index contributed by atoms with van der Waals surface area (Å²) in [6.07, 6.45) is 2.64. The number of nitrogens with zero attached hydrogens (tertiary/aromatic N) is 1. The molecule has 1 atom stereocenters. The Morgan fingerprint density at radius 3 is 2.78 bits per heavy atom. The Balaban J connectivity index is 2.18. The van der Waals surface area contributed by atoms with Gasteiger partial charge >= 0.3 is 0 Å². The second-order valence-corrected chi connectivity index (χ2v) is 6.38. The van der Waals surface area contributed by atoms with Gasteiger partial charge in [-0.3, -0.25) is 4.98 Å². The van der Waals surface area contributed by atoms with Gasteiger partial charge in [0, 0.05) is 32.4 Å². The van der Waals surface area contributed by atoms with Crippen LogP contribution in [0.3, 0.4) is 0 Å². The first-order chi connectivity index (χ1) is 8.56. The van der Waals surface area contributed by atoms with Gasteiger partial charge < -0.3 is 5.73 Å². The topological polar surface area (TPSA) is 38.9 Å². The third kappa shape index (κ3) is 3.52. The predicted molar refractivity (Wildman–Crippen MR) is 86.5 cm³/mol. The molecule has 1 aromatic heterocycles. The molecule has 2 nitrogen and oxygen atoms in total. The highest BCUT2D eigenvalue weighted by Gasteiger charge is 2.11. The van der Waals surface area contributed by atoms with Crippen molar-refractivity contribution >= 4 is 38.5 Å². The number of rotatable bonds is 3. The van der Waals surface area contributed by atoms with Crippen LogP contribution in [0.15, 0.2) is 41.0 Å². The van der Waals surface area contributed by atoms with Gasteiger partial charge in [0.2, 0.25) is 0 Å². The average molecular weight is 417 g/mol. The van der Waals surface area contributed by atoms with Gasteiger partial charge in [-0.15, -0.1) is 0 Å². The molecule has 1 unspecified atom stereocenters. The number of nitrogens with two attached hydrogens (primary N) is 1. The molecular weight excluding hydrogens is 403 g/mol. The highest BCUT2D eigenvalue weighted by atomic mass is 127. The molecule has 1 heterocycles. The predicted octanol–water partition coefficient (Wildman–Crippen LogP) is 4.00. The van der Waals surface area contributed by atoms with Crippen LogP contribution in [-0.2, 0) is 6.42 Å². The number of hydrogen-bond donors (Lipinski definition) is 1. The summed E-state index contributed by atoms with van der Waals surface area (Å²) in [5, 5.41) is 0. The summed E-state index contributed by atoms with van der Waals surface area (Å²) in [7, 11) is 0. The van der Waals surface area contributed by atoms with E-state index in [2.05, 4.69) is 61.7 Å². The molecule has 0 fully saturated rings. The highest BCUT2D eigenvalue weighted by molar-refractivity contribution is 14.1. The molecule has 18 heavy (non-hydrogen) atoms. The number of halogens is 2. The molecule has 2 aromatic rings. The van der Waals surface area contributed by atoms with E-state index in [9.17, 15) is 0 Å². The summed E-state index contributed by atoms with van der Waals surface area (Å²) in [5.41, 5.74) is 9.63. The van der Waals surface area contributed by atoms with E-state index >= 15 is 0 Å². The van der Waals surface area contributed by atoms with Crippen molar-refractivity contribution in [2.75, 3.05) is 0 Å². The maximum absolute atomic E-state index is 6.27. The first-order valence-electron chi connectivity index (χ1n) is 5.68. The lowest BCUT2D eigenvalue weighted by Gasteiger charge is -2.14. The SMILES string of the molecule is Cc1ccc(CC(N)c2cc(Br)ccc2I)nc1. The Bertz CT molecular complexity index is 540. The lowest BCUT2D eigenvalue weighted by molar-refractivity contribution is 0.702. The van der Waals surface area contributed by atoms with E-state index in [0.29, 0.717) is 0 Å². The first-order valence-corrected chi connectivity index (χ1v) is 7.55. The zero-order valence-electron chi connectivity index (χ0n) is 10.0. The van der Waals surface area contributed by atoms with E-state index < -0.39 is 0 Å². The zero-order valence-corrected chi connectivity index (χ0v) is 13.8. The van der Waals surface area contributed by atoms with Gasteiger partial charge in [0.1, 0.15) is 0 Å². The lowest BCUT2D eigenvalue weighted by atomic mass is 10.0. The first kappa shape index (κ1) is 14.0. The van der Waals surface area contributed by atoms with Gasteiger partial charge in [0.15, 0.2) is 0 Å². The van der Waals surface area contributed by atoms with Crippen molar-refractivity contribution in [2.24, 2.45) is 5.73 Å². The lowest BCUT2D eigenvalue weighted by Crippen LogP contribution is -2.15. The van der Waals surface area contributed by atoms with Crippen LogP contribution in [0.1, 0.15) is 22.9 Å². The van der Waals surface area contributed by atoms with Gasteiger partial charge in [-0.1, -0.05) is 22.0 Å². The van der Waals surface area contributed by atoms with Gasteiger partial charge in [0.05, 0.1) is 0 Å². The van der Waals surface area contributed by atoms with Crippen LogP contribution in [0.5, 0.6) is 0 Å². The maximum Gasteiger partial charge on any atom is 0.0422 e. The molecule has 0 aliphatic rings. The van der Waals surface area contributed by atoms with Crippen molar-refractivity contribution in [3.05, 3.63) is 61.4 Å². The van der Waals surface area contributed by atoms with Crippen molar-refractivity contribution in [2.45, 2.75) is 19.4 Å². The summed E-state index contributed by atoms with van der Waals surface area (Å²) in [4.78, 5) is 4.40. The quantitative estimate of drug-likeness (QED) is 0.768. The van der Waals surface area contributed by atoms with Crippen molar-refractivity contribution in [3.8, 4) is 0 Å². The molecule has 2 N–H and O–H groups in total.